The number of methoxy groups -OCH3 is 1. The molecular weight excluding hydrogens is 310 g/mol. The lowest BCUT2D eigenvalue weighted by Crippen LogP contribution is -2.41. The maximum Gasteiger partial charge on any atom is 0.191 e. The second kappa shape index (κ2) is 12.3. The van der Waals surface area contributed by atoms with E-state index in [4.69, 9.17) is 4.74 Å². The molecule has 1 rings (SSSR count). The van der Waals surface area contributed by atoms with Gasteiger partial charge in [-0.2, -0.15) is 0 Å². The number of nitrogens with zero attached hydrogens (tertiary/aromatic N) is 3. The highest BCUT2D eigenvalue weighted by atomic mass is 32.1. The van der Waals surface area contributed by atoms with Crippen molar-refractivity contribution in [2.24, 2.45) is 4.99 Å². The summed E-state index contributed by atoms with van der Waals surface area (Å²) in [5.41, 5.74) is 0. The first-order valence-electron chi connectivity index (χ1n) is 8.25. The molecule has 1 aromatic rings. The van der Waals surface area contributed by atoms with E-state index in [1.807, 2.05) is 6.20 Å². The van der Waals surface area contributed by atoms with Crippen LogP contribution in [0.5, 0.6) is 0 Å². The molecule has 0 spiro atoms. The molecule has 0 bridgehead atoms. The molecule has 0 aliphatic carbocycles. The fraction of sp³-hybridized carbons (Fsp3) is 0.750. The maximum absolute atomic E-state index is 5.07. The second-order valence-electron chi connectivity index (χ2n) is 5.40. The van der Waals surface area contributed by atoms with Gasteiger partial charge in [-0.05, 0) is 19.9 Å². The number of guanidine groups is 1. The van der Waals surface area contributed by atoms with Crippen molar-refractivity contribution < 1.29 is 4.74 Å². The summed E-state index contributed by atoms with van der Waals surface area (Å²) in [5, 5.41) is 7.86. The first-order chi connectivity index (χ1) is 11.2. The van der Waals surface area contributed by atoms with Crippen molar-refractivity contribution in [2.45, 2.75) is 26.2 Å². The van der Waals surface area contributed by atoms with Gasteiger partial charge >= 0.3 is 0 Å². The Labute approximate surface area is 144 Å². The van der Waals surface area contributed by atoms with E-state index in [1.54, 1.807) is 25.5 Å². The number of ether oxygens (including phenoxy) is 1. The molecule has 0 amide bonds. The number of aromatic nitrogens is 1. The molecule has 0 radical (unpaired) electrons. The summed E-state index contributed by atoms with van der Waals surface area (Å²) < 4.78 is 5.07. The van der Waals surface area contributed by atoms with Gasteiger partial charge in [-0.25, -0.2) is 4.98 Å². The van der Waals surface area contributed by atoms with Crippen LogP contribution in [0.1, 0.15) is 23.2 Å². The molecule has 7 heteroatoms. The molecule has 0 fully saturated rings. The molecule has 0 aliphatic heterocycles. The highest BCUT2D eigenvalue weighted by Crippen LogP contribution is 2.13. The Bertz CT molecular complexity index is 449. The summed E-state index contributed by atoms with van der Waals surface area (Å²) in [6.45, 7) is 6.73. The Balaban J connectivity index is 2.14. The van der Waals surface area contributed by atoms with Crippen LogP contribution in [0.25, 0.3) is 0 Å². The van der Waals surface area contributed by atoms with Crippen molar-refractivity contribution >= 4 is 17.3 Å². The van der Waals surface area contributed by atoms with Gasteiger partial charge in [0.1, 0.15) is 0 Å². The van der Waals surface area contributed by atoms with Gasteiger partial charge in [0.05, 0.1) is 5.01 Å². The monoisotopic (exact) mass is 341 g/mol. The summed E-state index contributed by atoms with van der Waals surface area (Å²) in [6, 6.07) is 0. The van der Waals surface area contributed by atoms with Gasteiger partial charge in [-0.1, -0.05) is 6.92 Å². The molecule has 0 aromatic carbocycles. The highest BCUT2D eigenvalue weighted by Gasteiger charge is 2.03. The van der Waals surface area contributed by atoms with Crippen molar-refractivity contribution in [1.82, 2.24) is 20.5 Å². The molecule has 1 heterocycles. The van der Waals surface area contributed by atoms with Crippen LogP contribution in [-0.4, -0.2) is 69.8 Å². The predicted molar refractivity (Wildman–Crippen MR) is 98.6 cm³/mol. The summed E-state index contributed by atoms with van der Waals surface area (Å²) >= 11 is 1.80. The number of aliphatic imine (C=N–C) groups is 1. The van der Waals surface area contributed by atoms with E-state index in [-0.39, 0.29) is 0 Å². The first kappa shape index (κ1) is 19.9. The summed E-state index contributed by atoms with van der Waals surface area (Å²) in [5.74, 6) is 0.850. The fourth-order valence-electron chi connectivity index (χ4n) is 2.09. The van der Waals surface area contributed by atoms with E-state index < -0.39 is 0 Å². The normalized spacial score (nSPS) is 12.0. The maximum atomic E-state index is 5.07. The van der Waals surface area contributed by atoms with Gasteiger partial charge in [0.2, 0.25) is 0 Å². The van der Waals surface area contributed by atoms with Crippen molar-refractivity contribution in [3.8, 4) is 0 Å². The van der Waals surface area contributed by atoms with Gasteiger partial charge in [0.15, 0.2) is 5.96 Å². The topological polar surface area (TPSA) is 61.8 Å². The Morgan fingerprint density at radius 3 is 2.78 bits per heavy atom. The van der Waals surface area contributed by atoms with Crippen molar-refractivity contribution in [3.05, 3.63) is 16.1 Å². The van der Waals surface area contributed by atoms with Crippen LogP contribution in [0.15, 0.2) is 11.2 Å². The van der Waals surface area contributed by atoms with Crippen LogP contribution < -0.4 is 10.6 Å². The van der Waals surface area contributed by atoms with Crippen LogP contribution in [0, 0.1) is 0 Å². The quantitative estimate of drug-likeness (QED) is 0.362. The van der Waals surface area contributed by atoms with Crippen molar-refractivity contribution in [1.29, 1.82) is 0 Å². The fourth-order valence-corrected chi connectivity index (χ4v) is 2.95. The first-order valence-corrected chi connectivity index (χ1v) is 9.06. The third kappa shape index (κ3) is 8.88. The van der Waals surface area contributed by atoms with E-state index in [0.29, 0.717) is 0 Å². The Morgan fingerprint density at radius 1 is 1.35 bits per heavy atom. The number of rotatable bonds is 11. The van der Waals surface area contributed by atoms with Crippen LogP contribution in [-0.2, 0) is 17.6 Å². The van der Waals surface area contributed by atoms with E-state index in [0.717, 1.165) is 58.0 Å². The lowest BCUT2D eigenvalue weighted by molar-refractivity contribution is 0.180. The number of likely N-dealkylation sites (N-methyl/N-ethyl adjacent to an activating group) is 1. The van der Waals surface area contributed by atoms with Crippen molar-refractivity contribution in [2.75, 3.05) is 54.0 Å². The number of nitrogens with one attached hydrogen (secondary N) is 2. The minimum Gasteiger partial charge on any atom is -0.385 e. The molecule has 0 aliphatic rings. The molecule has 0 unspecified atom stereocenters. The third-order valence-corrected chi connectivity index (χ3v) is 4.68. The molecular formula is C16H31N5OS. The van der Waals surface area contributed by atoms with E-state index >= 15 is 0 Å². The van der Waals surface area contributed by atoms with Crippen LogP contribution in [0.2, 0.25) is 0 Å². The van der Waals surface area contributed by atoms with E-state index in [1.165, 1.54) is 9.88 Å². The Hall–Kier alpha value is -1.18. The molecule has 6 nitrogen and oxygen atoms in total. The van der Waals surface area contributed by atoms with E-state index in [9.17, 15) is 0 Å². The van der Waals surface area contributed by atoms with Gasteiger partial charge in [0.25, 0.3) is 0 Å². The predicted octanol–water partition coefficient (Wildman–Crippen LogP) is 1.38. The minimum absolute atomic E-state index is 0.817. The minimum atomic E-state index is 0.817. The molecule has 132 valence electrons. The lowest BCUT2D eigenvalue weighted by Gasteiger charge is -2.18. The zero-order chi connectivity index (χ0) is 16.9. The van der Waals surface area contributed by atoms with Gasteiger partial charge in [-0.15, -0.1) is 11.3 Å². The van der Waals surface area contributed by atoms with Crippen LogP contribution in [0.4, 0.5) is 0 Å². The summed E-state index contributed by atoms with van der Waals surface area (Å²) in [4.78, 5) is 12.3. The summed E-state index contributed by atoms with van der Waals surface area (Å²) in [7, 11) is 5.67. The third-order valence-electron chi connectivity index (χ3n) is 3.48. The zero-order valence-corrected chi connectivity index (χ0v) is 15.7. The molecule has 1 aromatic heterocycles. The molecule has 2 N–H and O–H groups in total. The number of hydrogen-bond acceptors (Lipinski definition) is 5. The Morgan fingerprint density at radius 2 is 2.13 bits per heavy atom. The molecule has 0 saturated carbocycles. The zero-order valence-electron chi connectivity index (χ0n) is 14.9. The second-order valence-corrected chi connectivity index (χ2v) is 6.60. The van der Waals surface area contributed by atoms with Gasteiger partial charge < -0.3 is 20.3 Å². The number of hydrogen-bond donors (Lipinski definition) is 2. The number of aryl methyl sites for hydroxylation is 1. The number of thiazole rings is 1. The Kier molecular flexibility index (Phi) is 10.6. The average Bonchev–Trinajstić information content (AvgIpc) is 3.01. The standard InChI is InChI=1S/C16H31N5OS/c1-5-14-13-20-15(23-14)7-8-18-16(17-2)19-9-11-21(3)10-6-12-22-4/h13H,5-12H2,1-4H3,(H2,17,18,19). The van der Waals surface area contributed by atoms with Crippen molar-refractivity contribution in [3.63, 3.8) is 0 Å². The molecule has 23 heavy (non-hydrogen) atoms. The van der Waals surface area contributed by atoms with Crippen LogP contribution >= 0.6 is 11.3 Å². The largest absolute Gasteiger partial charge is 0.385 e. The molecule has 0 saturated heterocycles. The summed E-state index contributed by atoms with van der Waals surface area (Å²) in [6.07, 6.45) is 5.04. The highest BCUT2D eigenvalue weighted by molar-refractivity contribution is 7.11. The van der Waals surface area contributed by atoms with Gasteiger partial charge in [-0.3, -0.25) is 4.99 Å². The van der Waals surface area contributed by atoms with Crippen LogP contribution in [0.3, 0.4) is 0 Å². The molecule has 0 atom stereocenters. The SMILES string of the molecule is CCc1cnc(CCNC(=NC)NCCN(C)CCCOC)s1. The lowest BCUT2D eigenvalue weighted by atomic mass is 10.4. The average molecular weight is 342 g/mol. The smallest absolute Gasteiger partial charge is 0.191 e. The van der Waals surface area contributed by atoms with E-state index in [2.05, 4.69) is 39.5 Å². The van der Waals surface area contributed by atoms with Gasteiger partial charge in [0, 0.05) is 64.4 Å².